The number of hydrogen-bond acceptors (Lipinski definition) is 3. The number of fused-ring (bicyclic) bond motifs is 6. The third-order valence-corrected chi connectivity index (χ3v) is 8.50. The zero-order chi connectivity index (χ0) is 46.9. The summed E-state index contributed by atoms with van der Waals surface area (Å²) in [5.41, 5.74) is 2.36. The van der Waals surface area contributed by atoms with E-state index in [1.807, 2.05) is 0 Å². The Hall–Kier alpha value is -6.85. The Bertz CT molecular complexity index is 3620. The van der Waals surface area contributed by atoms with Crippen LogP contribution in [0.5, 0.6) is 0 Å². The van der Waals surface area contributed by atoms with Crippen LogP contribution in [-0.2, 0) is 0 Å². The van der Waals surface area contributed by atoms with Crippen LogP contribution in [0.1, 0.15) is 21.9 Å². The van der Waals surface area contributed by atoms with E-state index in [-0.39, 0.29) is 61.2 Å². The second kappa shape index (κ2) is 11.4. The van der Waals surface area contributed by atoms with E-state index < -0.39 is 96.7 Å². The van der Waals surface area contributed by atoms with Crippen LogP contribution in [-0.4, -0.2) is 24.1 Å². The zero-order valence-corrected chi connectivity index (χ0v) is 25.7. The summed E-state index contributed by atoms with van der Waals surface area (Å²) in [5.74, 6) is 0.100. The average Bonchev–Trinajstić information content (AvgIpc) is 3.89. The van der Waals surface area contributed by atoms with Gasteiger partial charge in [0.1, 0.15) is 0 Å². The summed E-state index contributed by atoms with van der Waals surface area (Å²) in [7, 11) is 0. The van der Waals surface area contributed by atoms with Crippen LogP contribution in [0.4, 0.5) is 0 Å². The molecule has 50 heavy (non-hydrogen) atoms. The topological polar surface area (TPSA) is 48.5 Å². The van der Waals surface area contributed by atoms with Crippen molar-refractivity contribution < 1.29 is 21.9 Å². The van der Waals surface area contributed by atoms with Gasteiger partial charge in [-0.2, -0.15) is 9.97 Å². The minimum Gasteiger partial charge on any atom is -0.309 e. The maximum Gasteiger partial charge on any atom is 0.238 e. The van der Waals surface area contributed by atoms with Crippen molar-refractivity contribution >= 4 is 43.6 Å². The molecule has 7 aromatic carbocycles. The number of rotatable bonds is 5. The summed E-state index contributed by atoms with van der Waals surface area (Å²) in [4.78, 5) is 14.3. The van der Waals surface area contributed by atoms with Crippen molar-refractivity contribution in [3.05, 3.63) is 176 Å². The first-order chi connectivity index (χ1) is 31.4. The minimum absolute atomic E-state index is 0.00949. The van der Waals surface area contributed by atoms with Gasteiger partial charge in [0.05, 0.1) is 44.0 Å². The van der Waals surface area contributed by atoms with E-state index in [0.29, 0.717) is 27.9 Å². The number of aromatic nitrogens is 5. The van der Waals surface area contributed by atoms with Crippen molar-refractivity contribution in [1.82, 2.24) is 24.1 Å². The van der Waals surface area contributed by atoms with Gasteiger partial charge in [-0.15, -0.1) is 0 Å². The Morgan fingerprint density at radius 1 is 0.380 bits per heavy atom. The summed E-state index contributed by atoms with van der Waals surface area (Å²) >= 11 is 0. The number of benzene rings is 7. The van der Waals surface area contributed by atoms with E-state index in [0.717, 1.165) is 0 Å². The Balaban J connectivity index is 1.17. The molecular weight excluding hydrogens is 611 g/mol. The molecule has 0 aliphatic carbocycles. The zero-order valence-electron chi connectivity index (χ0n) is 41.7. The molecule has 0 fully saturated rings. The van der Waals surface area contributed by atoms with E-state index in [9.17, 15) is 0 Å². The molecule has 10 aromatic rings. The molecule has 0 atom stereocenters. The standard InChI is InChI=1S/C45H29N5/c1-2-13-31(14-3-1)43-46-44(48-45(47-43)50-41-23-10-6-19-37(41)38-20-7-11-24-42(38)50)32-27-25-30(26-28-32)33-15-12-16-34(29-33)49-39-21-8-4-17-35(39)36-18-5-9-22-40(36)49/h1-29H/i4D,5D,6D,7D,8D,9D,10D,11D,17D,18D,19D,20D,21D,22D,23D,24D. The summed E-state index contributed by atoms with van der Waals surface area (Å²) in [6.07, 6.45) is 0. The van der Waals surface area contributed by atoms with Gasteiger partial charge in [-0.05, 0) is 47.4 Å². The summed E-state index contributed by atoms with van der Waals surface area (Å²) in [6.45, 7) is 0. The molecule has 0 unspecified atom stereocenters. The molecule has 0 N–H and O–H groups in total. The van der Waals surface area contributed by atoms with Gasteiger partial charge in [-0.3, -0.25) is 4.57 Å². The highest BCUT2D eigenvalue weighted by Crippen LogP contribution is 2.35. The van der Waals surface area contributed by atoms with E-state index >= 15 is 0 Å². The van der Waals surface area contributed by atoms with Crippen molar-refractivity contribution in [3.8, 4) is 45.5 Å². The highest BCUT2D eigenvalue weighted by Gasteiger charge is 2.18. The van der Waals surface area contributed by atoms with Gasteiger partial charge < -0.3 is 4.57 Å². The predicted molar refractivity (Wildman–Crippen MR) is 205 cm³/mol. The lowest BCUT2D eigenvalue weighted by molar-refractivity contribution is 0.953. The Morgan fingerprint density at radius 2 is 0.820 bits per heavy atom. The van der Waals surface area contributed by atoms with Gasteiger partial charge >= 0.3 is 0 Å². The predicted octanol–water partition coefficient (Wildman–Crippen LogP) is 11.1. The number of hydrogen-bond donors (Lipinski definition) is 0. The van der Waals surface area contributed by atoms with Crippen LogP contribution in [0.15, 0.2) is 176 Å². The third-order valence-electron chi connectivity index (χ3n) is 8.50. The summed E-state index contributed by atoms with van der Waals surface area (Å²) < 4.78 is 141. The Labute approximate surface area is 310 Å². The lowest BCUT2D eigenvalue weighted by atomic mass is 10.0. The van der Waals surface area contributed by atoms with Crippen LogP contribution in [0.3, 0.4) is 0 Å². The maximum absolute atomic E-state index is 8.99. The van der Waals surface area contributed by atoms with Gasteiger partial charge in [0.25, 0.3) is 0 Å². The molecule has 3 aromatic heterocycles. The molecular formula is C45H29N5. The molecule has 5 heteroatoms. The highest BCUT2D eigenvalue weighted by atomic mass is 15.2. The lowest BCUT2D eigenvalue weighted by Gasteiger charge is -2.12. The molecule has 5 nitrogen and oxygen atoms in total. The van der Waals surface area contributed by atoms with Crippen LogP contribution in [0, 0.1) is 0 Å². The molecule has 0 aliphatic heterocycles. The molecule has 10 rings (SSSR count). The minimum atomic E-state index is -0.587. The molecule has 0 amide bonds. The second-order valence-corrected chi connectivity index (χ2v) is 11.3. The van der Waals surface area contributed by atoms with Crippen LogP contribution in [0.2, 0.25) is 0 Å². The van der Waals surface area contributed by atoms with Crippen molar-refractivity contribution in [2.45, 2.75) is 0 Å². The Kier molecular flexibility index (Phi) is 3.76. The first-order valence-electron chi connectivity index (χ1n) is 23.5. The van der Waals surface area contributed by atoms with Gasteiger partial charge in [0.15, 0.2) is 11.6 Å². The van der Waals surface area contributed by atoms with Crippen molar-refractivity contribution in [1.29, 1.82) is 0 Å². The molecule has 0 saturated heterocycles. The molecule has 0 radical (unpaired) electrons. The smallest absolute Gasteiger partial charge is 0.238 e. The SMILES string of the molecule is [2H]c1c([2H])c([2H])c2c(c1[2H])c1c([2H])c([2H])c([2H])c([2H])c1n2-c1cccc(-c2ccc(-c3nc(-c4ccccc4)nc(-n4c5c([2H])c([2H])c([2H])c([2H])c5c5c([2H])c([2H])c([2H])c([2H])c54)n3)cc2)c1. The molecule has 0 bridgehead atoms. The van der Waals surface area contributed by atoms with Gasteiger partial charge in [-0.25, -0.2) is 4.98 Å². The number of para-hydroxylation sites is 4. The molecule has 234 valence electrons. The first-order valence-corrected chi connectivity index (χ1v) is 15.5. The fraction of sp³-hybridized carbons (Fsp3) is 0. The molecule has 3 heterocycles. The normalized spacial score (nSPS) is 16.1. The van der Waals surface area contributed by atoms with Gasteiger partial charge in [0, 0.05) is 38.4 Å². The van der Waals surface area contributed by atoms with Crippen LogP contribution in [0.25, 0.3) is 89.2 Å². The van der Waals surface area contributed by atoms with Crippen LogP contribution < -0.4 is 0 Å². The third kappa shape index (κ3) is 4.52. The van der Waals surface area contributed by atoms with Crippen LogP contribution >= 0.6 is 0 Å². The maximum atomic E-state index is 8.99. The molecule has 0 aliphatic rings. The van der Waals surface area contributed by atoms with Gasteiger partial charge in [0.2, 0.25) is 5.95 Å². The largest absolute Gasteiger partial charge is 0.309 e. The Morgan fingerprint density at radius 3 is 1.36 bits per heavy atom. The molecule has 0 spiro atoms. The van der Waals surface area contributed by atoms with Gasteiger partial charge in [-0.1, -0.05) is 139 Å². The monoisotopic (exact) mass is 655 g/mol. The van der Waals surface area contributed by atoms with E-state index in [4.69, 9.17) is 36.9 Å². The summed E-state index contributed by atoms with van der Waals surface area (Å²) in [6, 6.07) is 14.6. The molecule has 0 saturated carbocycles. The highest BCUT2D eigenvalue weighted by molar-refractivity contribution is 6.10. The lowest BCUT2D eigenvalue weighted by Crippen LogP contribution is -2.06. The number of nitrogens with zero attached hydrogens (tertiary/aromatic N) is 5. The first kappa shape index (κ1) is 16.5. The van der Waals surface area contributed by atoms with Crippen molar-refractivity contribution in [3.63, 3.8) is 0 Å². The van der Waals surface area contributed by atoms with E-state index in [1.165, 1.54) is 9.13 Å². The van der Waals surface area contributed by atoms with E-state index in [1.54, 1.807) is 78.9 Å². The van der Waals surface area contributed by atoms with Crippen molar-refractivity contribution in [2.75, 3.05) is 0 Å². The summed E-state index contributed by atoms with van der Waals surface area (Å²) in [5, 5.41) is -0.323. The fourth-order valence-electron chi connectivity index (χ4n) is 6.25. The van der Waals surface area contributed by atoms with E-state index in [2.05, 4.69) is 0 Å². The van der Waals surface area contributed by atoms with Crippen molar-refractivity contribution in [2.24, 2.45) is 0 Å². The second-order valence-electron chi connectivity index (χ2n) is 11.3. The fourth-order valence-corrected chi connectivity index (χ4v) is 6.25. The average molecular weight is 656 g/mol. The quantitative estimate of drug-likeness (QED) is 0.185.